The van der Waals surface area contributed by atoms with E-state index in [4.69, 9.17) is 11.6 Å². The van der Waals surface area contributed by atoms with Crippen LogP contribution in [0.5, 0.6) is 0 Å². The summed E-state index contributed by atoms with van der Waals surface area (Å²) in [5, 5.41) is 0. The molecule has 0 heterocycles. The molecule has 0 unspecified atom stereocenters. The molecule has 0 radical (unpaired) electrons. The fourth-order valence-electron chi connectivity index (χ4n) is 1.44. The first-order valence-corrected chi connectivity index (χ1v) is 7.18. The summed E-state index contributed by atoms with van der Waals surface area (Å²) in [6.45, 7) is 1.49. The van der Waals surface area contributed by atoms with E-state index in [9.17, 15) is 17.6 Å². The second-order valence-corrected chi connectivity index (χ2v) is 6.80. The Balaban J connectivity index is 3.29. The van der Waals surface area contributed by atoms with Crippen LogP contribution < -0.4 is 0 Å². The van der Waals surface area contributed by atoms with E-state index in [-0.39, 0.29) is 12.0 Å². The minimum atomic E-state index is -3.78. The Morgan fingerprint density at radius 2 is 2.06 bits per heavy atom. The van der Waals surface area contributed by atoms with Gasteiger partial charge in [0.05, 0.1) is 0 Å². The number of carbonyl (C=O) groups excluding carboxylic acids is 1. The molecule has 0 aromatic heterocycles. The Morgan fingerprint density at radius 3 is 2.47 bits per heavy atom. The highest BCUT2D eigenvalue weighted by molar-refractivity contribution is 7.94. The van der Waals surface area contributed by atoms with E-state index in [2.05, 4.69) is 0 Å². The smallest absolute Gasteiger partial charge is 0.207 e. The summed E-state index contributed by atoms with van der Waals surface area (Å²) >= 11 is 5.88. The molecule has 6 heteroatoms. The molecule has 94 valence electrons. The van der Waals surface area contributed by atoms with E-state index in [0.29, 0.717) is 0 Å². The van der Waals surface area contributed by atoms with Crippen LogP contribution in [0.1, 0.15) is 23.7 Å². The van der Waals surface area contributed by atoms with Crippen molar-refractivity contribution < 1.29 is 17.6 Å². The summed E-state index contributed by atoms with van der Waals surface area (Å²) in [6, 6.07) is 4.81. The van der Waals surface area contributed by atoms with Crippen molar-refractivity contribution in [1.82, 2.24) is 0 Å². The maximum absolute atomic E-state index is 13.0. The Kier molecular flexibility index (Phi) is 3.94. The lowest BCUT2D eigenvalue weighted by Crippen LogP contribution is -2.40. The number of hydrogen-bond acceptors (Lipinski definition) is 3. The van der Waals surface area contributed by atoms with Crippen LogP contribution in [0.15, 0.2) is 24.3 Å². The monoisotopic (exact) mass is 278 g/mol. The number of halogens is 2. The van der Waals surface area contributed by atoms with Gasteiger partial charge >= 0.3 is 0 Å². The second-order valence-electron chi connectivity index (χ2n) is 3.69. The molecule has 0 saturated carbocycles. The zero-order chi connectivity index (χ0) is 13.3. The van der Waals surface area contributed by atoms with E-state index >= 15 is 0 Å². The number of rotatable bonds is 4. The third kappa shape index (κ3) is 2.66. The normalized spacial score (nSPS) is 15.3. The maximum Gasteiger partial charge on any atom is 0.207 e. The molecule has 1 aromatic carbocycles. The Labute approximate surface area is 105 Å². The molecule has 0 spiro atoms. The molecule has 0 aliphatic heterocycles. The molecule has 3 nitrogen and oxygen atoms in total. The van der Waals surface area contributed by atoms with E-state index in [1.54, 1.807) is 0 Å². The van der Waals surface area contributed by atoms with Crippen molar-refractivity contribution in [2.45, 2.75) is 17.6 Å². The largest absolute Gasteiger partial charge is 0.291 e. The fraction of sp³-hybridized carbons (Fsp3) is 0.364. The quantitative estimate of drug-likeness (QED) is 0.628. The number of alkyl halides is 1. The van der Waals surface area contributed by atoms with Crippen LogP contribution in [0.2, 0.25) is 0 Å². The molecule has 0 N–H and O–H groups in total. The van der Waals surface area contributed by atoms with Crippen molar-refractivity contribution in [3.05, 3.63) is 35.6 Å². The fourth-order valence-corrected chi connectivity index (χ4v) is 2.52. The Hall–Kier alpha value is -0.940. The Bertz CT molecular complexity index is 541. The van der Waals surface area contributed by atoms with E-state index in [1.165, 1.54) is 25.1 Å². The van der Waals surface area contributed by atoms with Gasteiger partial charge in [0.1, 0.15) is 5.82 Å². The third-order valence-corrected chi connectivity index (χ3v) is 5.40. The predicted octanol–water partition coefficient (Wildman–Crippen LogP) is 2.40. The SMILES string of the molecule is CC[C@@](Cl)(C(=O)c1cccc(F)c1)S(C)(=O)=O. The number of sulfone groups is 1. The first-order valence-electron chi connectivity index (χ1n) is 4.91. The van der Waals surface area contributed by atoms with Gasteiger partial charge in [-0.1, -0.05) is 30.7 Å². The highest BCUT2D eigenvalue weighted by Crippen LogP contribution is 2.30. The van der Waals surface area contributed by atoms with Gasteiger partial charge in [0.2, 0.25) is 4.21 Å². The third-order valence-electron chi connectivity index (χ3n) is 2.47. The zero-order valence-electron chi connectivity index (χ0n) is 9.41. The lowest BCUT2D eigenvalue weighted by molar-refractivity contribution is 0.0970. The molecular formula is C11H12ClFO3S. The maximum atomic E-state index is 13.0. The molecule has 0 amide bonds. The van der Waals surface area contributed by atoms with Gasteiger partial charge in [-0.2, -0.15) is 0 Å². The molecule has 1 atom stereocenters. The average molecular weight is 279 g/mol. The molecule has 1 rings (SSSR count). The van der Waals surface area contributed by atoms with Gasteiger partial charge in [0.25, 0.3) is 0 Å². The molecule has 0 aliphatic carbocycles. The molecule has 0 saturated heterocycles. The second kappa shape index (κ2) is 4.74. The minimum absolute atomic E-state index is 0.0488. The number of hydrogen-bond donors (Lipinski definition) is 0. The van der Waals surface area contributed by atoms with Gasteiger partial charge < -0.3 is 0 Å². The van der Waals surface area contributed by atoms with Crippen LogP contribution >= 0.6 is 11.6 Å². The minimum Gasteiger partial charge on any atom is -0.291 e. The van der Waals surface area contributed by atoms with Gasteiger partial charge in [-0.05, 0) is 18.6 Å². The van der Waals surface area contributed by atoms with Crippen LogP contribution in [0.3, 0.4) is 0 Å². The van der Waals surface area contributed by atoms with Crippen molar-refractivity contribution in [2.24, 2.45) is 0 Å². The first-order chi connectivity index (χ1) is 7.72. The van der Waals surface area contributed by atoms with Crippen molar-refractivity contribution in [1.29, 1.82) is 0 Å². The highest BCUT2D eigenvalue weighted by Gasteiger charge is 2.45. The van der Waals surface area contributed by atoms with Crippen molar-refractivity contribution >= 4 is 27.2 Å². The molecule has 0 aliphatic rings. The van der Waals surface area contributed by atoms with Gasteiger partial charge in [-0.3, -0.25) is 4.79 Å². The number of Topliss-reactive ketones (excluding diaryl/α,β-unsaturated/α-hetero) is 1. The topological polar surface area (TPSA) is 51.2 Å². The summed E-state index contributed by atoms with van der Waals surface area (Å²) in [5.41, 5.74) is -0.0488. The summed E-state index contributed by atoms with van der Waals surface area (Å²) in [4.78, 5) is 12.0. The van der Waals surface area contributed by atoms with Crippen LogP contribution in [0.25, 0.3) is 0 Å². The highest BCUT2D eigenvalue weighted by atomic mass is 35.5. The van der Waals surface area contributed by atoms with Crippen LogP contribution in [-0.4, -0.2) is 24.7 Å². The molecular weight excluding hydrogens is 267 g/mol. The number of ketones is 1. The lowest BCUT2D eigenvalue weighted by Gasteiger charge is -2.21. The zero-order valence-corrected chi connectivity index (χ0v) is 11.0. The van der Waals surface area contributed by atoms with E-state index < -0.39 is 25.6 Å². The standard InChI is InChI=1S/C11H12ClFO3S/c1-3-11(12,17(2,15)16)10(14)8-5-4-6-9(13)7-8/h4-7H,3H2,1-2H3/t11-/m0/s1. The molecule has 0 bridgehead atoms. The summed E-state index contributed by atoms with van der Waals surface area (Å²) in [5.74, 6) is -1.41. The van der Waals surface area contributed by atoms with Crippen molar-refractivity contribution in [2.75, 3.05) is 6.26 Å². The number of benzene rings is 1. The van der Waals surface area contributed by atoms with Crippen molar-refractivity contribution in [3.63, 3.8) is 0 Å². The average Bonchev–Trinajstić information content (AvgIpc) is 2.25. The van der Waals surface area contributed by atoms with Crippen molar-refractivity contribution in [3.8, 4) is 0 Å². The molecule has 1 aromatic rings. The summed E-state index contributed by atoms with van der Waals surface area (Å²) in [6.07, 6.45) is 0.809. The predicted molar refractivity (Wildman–Crippen MR) is 64.4 cm³/mol. The summed E-state index contributed by atoms with van der Waals surface area (Å²) < 4.78 is 34.0. The summed E-state index contributed by atoms with van der Waals surface area (Å²) in [7, 11) is -3.78. The van der Waals surface area contributed by atoms with E-state index in [1.807, 2.05) is 0 Å². The van der Waals surface area contributed by atoms with Crippen LogP contribution in [-0.2, 0) is 9.84 Å². The first kappa shape index (κ1) is 14.1. The van der Waals surface area contributed by atoms with Gasteiger partial charge in [-0.25, -0.2) is 12.8 Å². The van der Waals surface area contributed by atoms with Crippen LogP contribution in [0.4, 0.5) is 4.39 Å². The molecule has 17 heavy (non-hydrogen) atoms. The van der Waals surface area contributed by atoms with Gasteiger partial charge in [0.15, 0.2) is 15.6 Å². The van der Waals surface area contributed by atoms with Gasteiger partial charge in [-0.15, -0.1) is 0 Å². The van der Waals surface area contributed by atoms with E-state index in [0.717, 1.165) is 12.3 Å². The lowest BCUT2D eigenvalue weighted by atomic mass is 10.1. The Morgan fingerprint density at radius 1 is 1.47 bits per heavy atom. The van der Waals surface area contributed by atoms with Gasteiger partial charge in [0, 0.05) is 11.8 Å². The number of carbonyl (C=O) groups is 1. The van der Waals surface area contributed by atoms with Crippen LogP contribution in [0, 0.1) is 5.82 Å². The molecule has 0 fully saturated rings.